The summed E-state index contributed by atoms with van der Waals surface area (Å²) in [5.74, 6) is 0.830. The molecule has 2 rings (SSSR count). The van der Waals surface area contributed by atoms with Crippen molar-refractivity contribution in [1.29, 1.82) is 0 Å². The smallest absolute Gasteiger partial charge is 0.251 e. The molecule has 0 aromatic heterocycles. The van der Waals surface area contributed by atoms with E-state index in [4.69, 9.17) is 4.74 Å². The second-order valence-corrected chi connectivity index (χ2v) is 4.16. The van der Waals surface area contributed by atoms with Crippen molar-refractivity contribution in [2.45, 2.75) is 19.8 Å². The highest BCUT2D eigenvalue weighted by atomic mass is 16.5. The van der Waals surface area contributed by atoms with Crippen molar-refractivity contribution in [3.05, 3.63) is 47.2 Å². The number of amides is 1. The maximum Gasteiger partial charge on any atom is 0.251 e. The number of carbonyl (C=O) groups excluding carboxylic acids is 1. The minimum Gasteiger partial charge on any atom is -0.496 e. The minimum atomic E-state index is -0.0434. The number of carbonyl (C=O) groups is 1. The Hall–Kier alpha value is -1.77. The van der Waals surface area contributed by atoms with Crippen molar-refractivity contribution in [3.63, 3.8) is 0 Å². The van der Waals surface area contributed by atoms with Crippen molar-refractivity contribution < 1.29 is 9.53 Å². The van der Waals surface area contributed by atoms with Crippen LogP contribution in [-0.2, 0) is 4.74 Å². The molecule has 1 aliphatic heterocycles. The lowest BCUT2D eigenvalue weighted by Crippen LogP contribution is -2.27. The second kappa shape index (κ2) is 5.53. The van der Waals surface area contributed by atoms with Crippen LogP contribution in [0.25, 0.3) is 0 Å². The zero-order valence-electron chi connectivity index (χ0n) is 10.0. The lowest BCUT2D eigenvalue weighted by Gasteiger charge is -2.15. The van der Waals surface area contributed by atoms with Gasteiger partial charge in [-0.2, -0.15) is 0 Å². The van der Waals surface area contributed by atoms with Crippen LogP contribution in [0.15, 0.2) is 36.1 Å². The highest BCUT2D eigenvalue weighted by Crippen LogP contribution is 2.10. The molecule has 1 N–H and O–H groups in total. The van der Waals surface area contributed by atoms with Gasteiger partial charge >= 0.3 is 0 Å². The molecule has 1 aromatic carbocycles. The van der Waals surface area contributed by atoms with Crippen LogP contribution in [0.4, 0.5) is 0 Å². The molecule has 0 bridgehead atoms. The van der Waals surface area contributed by atoms with Gasteiger partial charge in [0.2, 0.25) is 0 Å². The van der Waals surface area contributed by atoms with Crippen LogP contribution >= 0.6 is 0 Å². The monoisotopic (exact) mass is 231 g/mol. The third-order valence-corrected chi connectivity index (χ3v) is 2.82. The van der Waals surface area contributed by atoms with Crippen molar-refractivity contribution in [1.82, 2.24) is 5.32 Å². The Bertz CT molecular complexity index is 438. The molecule has 1 heterocycles. The van der Waals surface area contributed by atoms with Crippen LogP contribution < -0.4 is 5.32 Å². The Kier molecular flexibility index (Phi) is 3.81. The van der Waals surface area contributed by atoms with Gasteiger partial charge in [0.15, 0.2) is 0 Å². The van der Waals surface area contributed by atoms with Crippen LogP contribution in [-0.4, -0.2) is 19.1 Å². The van der Waals surface area contributed by atoms with E-state index in [2.05, 4.69) is 5.32 Å². The Morgan fingerprint density at radius 1 is 1.41 bits per heavy atom. The SMILES string of the molecule is Cc1ccccc1C(=O)NCC1=CCCCO1. The van der Waals surface area contributed by atoms with Crippen molar-refractivity contribution in [3.8, 4) is 0 Å². The molecule has 1 aromatic rings. The standard InChI is InChI=1S/C14H17NO2/c1-11-6-2-3-8-13(11)14(16)15-10-12-7-4-5-9-17-12/h2-3,6-8H,4-5,9-10H2,1H3,(H,15,16). The average molecular weight is 231 g/mol. The molecule has 0 aliphatic carbocycles. The summed E-state index contributed by atoms with van der Waals surface area (Å²) < 4.78 is 5.44. The molecule has 0 saturated heterocycles. The fourth-order valence-electron chi connectivity index (χ4n) is 1.82. The topological polar surface area (TPSA) is 38.3 Å². The summed E-state index contributed by atoms with van der Waals surface area (Å²) in [4.78, 5) is 11.9. The lowest BCUT2D eigenvalue weighted by atomic mass is 10.1. The Labute approximate surface area is 101 Å². The van der Waals surface area contributed by atoms with E-state index in [0.29, 0.717) is 6.54 Å². The molecule has 17 heavy (non-hydrogen) atoms. The molecular weight excluding hydrogens is 214 g/mol. The molecule has 0 atom stereocenters. The zero-order valence-corrected chi connectivity index (χ0v) is 10.0. The number of allylic oxidation sites excluding steroid dienone is 1. The molecule has 0 saturated carbocycles. The molecule has 0 fully saturated rings. The Balaban J connectivity index is 1.93. The van der Waals surface area contributed by atoms with Crippen LogP contribution in [0.3, 0.4) is 0 Å². The van der Waals surface area contributed by atoms with Gasteiger partial charge in [0, 0.05) is 5.56 Å². The first kappa shape index (κ1) is 11.7. The first-order chi connectivity index (χ1) is 8.27. The van der Waals surface area contributed by atoms with Crippen molar-refractivity contribution in [2.24, 2.45) is 0 Å². The number of benzene rings is 1. The maximum atomic E-state index is 11.9. The molecule has 3 nitrogen and oxygen atoms in total. The van der Waals surface area contributed by atoms with Gasteiger partial charge in [-0.15, -0.1) is 0 Å². The normalized spacial score (nSPS) is 14.8. The third kappa shape index (κ3) is 3.09. The van der Waals surface area contributed by atoms with E-state index >= 15 is 0 Å². The predicted molar refractivity (Wildman–Crippen MR) is 66.8 cm³/mol. The third-order valence-electron chi connectivity index (χ3n) is 2.82. The van der Waals surface area contributed by atoms with Gasteiger partial charge in [0.25, 0.3) is 5.91 Å². The molecule has 1 amide bonds. The minimum absolute atomic E-state index is 0.0434. The fourth-order valence-corrected chi connectivity index (χ4v) is 1.82. The average Bonchev–Trinajstić information content (AvgIpc) is 2.38. The summed E-state index contributed by atoms with van der Waals surface area (Å²) in [5, 5.41) is 2.88. The highest BCUT2D eigenvalue weighted by molar-refractivity contribution is 5.95. The molecular formula is C14H17NO2. The lowest BCUT2D eigenvalue weighted by molar-refractivity contribution is 0.0943. The van der Waals surface area contributed by atoms with Gasteiger partial charge in [-0.1, -0.05) is 18.2 Å². The van der Waals surface area contributed by atoms with E-state index in [1.165, 1.54) is 0 Å². The van der Waals surface area contributed by atoms with Crippen LogP contribution in [0.2, 0.25) is 0 Å². The summed E-state index contributed by atoms with van der Waals surface area (Å²) in [6, 6.07) is 7.57. The summed E-state index contributed by atoms with van der Waals surface area (Å²) >= 11 is 0. The van der Waals surface area contributed by atoms with Gasteiger partial charge in [0.05, 0.1) is 13.2 Å². The van der Waals surface area contributed by atoms with Crippen LogP contribution in [0.1, 0.15) is 28.8 Å². The number of hydrogen-bond donors (Lipinski definition) is 1. The first-order valence-electron chi connectivity index (χ1n) is 5.93. The number of rotatable bonds is 3. The first-order valence-corrected chi connectivity index (χ1v) is 5.93. The maximum absolute atomic E-state index is 11.9. The largest absolute Gasteiger partial charge is 0.496 e. The summed E-state index contributed by atoms with van der Waals surface area (Å²) in [5.41, 5.74) is 1.72. The molecule has 0 unspecified atom stereocenters. The van der Waals surface area contributed by atoms with E-state index in [1.54, 1.807) is 0 Å². The number of ether oxygens (including phenoxy) is 1. The zero-order chi connectivity index (χ0) is 12.1. The molecule has 1 aliphatic rings. The molecule has 90 valence electrons. The number of nitrogens with one attached hydrogen (secondary N) is 1. The molecule has 0 spiro atoms. The van der Waals surface area contributed by atoms with Crippen molar-refractivity contribution >= 4 is 5.91 Å². The Morgan fingerprint density at radius 2 is 2.24 bits per heavy atom. The van der Waals surface area contributed by atoms with Gasteiger partial charge in [0.1, 0.15) is 5.76 Å². The number of aryl methyl sites for hydroxylation is 1. The predicted octanol–water partition coefficient (Wildman–Crippen LogP) is 2.42. The number of hydrogen-bond acceptors (Lipinski definition) is 2. The quantitative estimate of drug-likeness (QED) is 0.867. The van der Waals surface area contributed by atoms with Crippen LogP contribution in [0, 0.1) is 6.92 Å². The fraction of sp³-hybridized carbons (Fsp3) is 0.357. The van der Waals surface area contributed by atoms with E-state index < -0.39 is 0 Å². The van der Waals surface area contributed by atoms with E-state index in [0.717, 1.165) is 36.3 Å². The van der Waals surface area contributed by atoms with Gasteiger partial charge in [-0.3, -0.25) is 4.79 Å². The van der Waals surface area contributed by atoms with Crippen LogP contribution in [0.5, 0.6) is 0 Å². The second-order valence-electron chi connectivity index (χ2n) is 4.16. The van der Waals surface area contributed by atoms with E-state index in [1.807, 2.05) is 37.3 Å². The van der Waals surface area contributed by atoms with Crippen molar-refractivity contribution in [2.75, 3.05) is 13.2 Å². The van der Waals surface area contributed by atoms with E-state index in [9.17, 15) is 4.79 Å². The summed E-state index contributed by atoms with van der Waals surface area (Å²) in [6.45, 7) is 3.17. The molecule has 0 radical (unpaired) electrons. The Morgan fingerprint density at radius 3 is 2.94 bits per heavy atom. The summed E-state index contributed by atoms with van der Waals surface area (Å²) in [7, 11) is 0. The van der Waals surface area contributed by atoms with Gasteiger partial charge in [-0.25, -0.2) is 0 Å². The molecule has 3 heteroatoms. The van der Waals surface area contributed by atoms with E-state index in [-0.39, 0.29) is 5.91 Å². The summed E-state index contributed by atoms with van der Waals surface area (Å²) in [6.07, 6.45) is 4.15. The highest BCUT2D eigenvalue weighted by Gasteiger charge is 2.10. The van der Waals surface area contributed by atoms with Gasteiger partial charge in [-0.05, 0) is 37.5 Å². The van der Waals surface area contributed by atoms with Gasteiger partial charge < -0.3 is 10.1 Å².